The fourth-order valence-corrected chi connectivity index (χ4v) is 4.21. The lowest BCUT2D eigenvalue weighted by Gasteiger charge is -2.20. The van der Waals surface area contributed by atoms with Crippen molar-refractivity contribution in [2.45, 2.75) is 38.1 Å². The van der Waals surface area contributed by atoms with Crippen molar-refractivity contribution in [2.75, 3.05) is 26.3 Å². The highest BCUT2D eigenvalue weighted by atomic mass is 16.5. The SMILES string of the molecule is CC(CCCC(=O)N(CCO)CC(=O)O)NC(=O)OCC1c2ccccc2-c2ccccc21. The van der Waals surface area contributed by atoms with Crippen molar-refractivity contribution in [3.05, 3.63) is 59.7 Å². The molecule has 0 saturated heterocycles. The van der Waals surface area contributed by atoms with E-state index in [0.29, 0.717) is 12.8 Å². The Balaban J connectivity index is 1.45. The summed E-state index contributed by atoms with van der Waals surface area (Å²) in [6.07, 6.45) is 0.647. The maximum atomic E-state index is 12.3. The lowest BCUT2D eigenvalue weighted by atomic mass is 9.98. The fourth-order valence-electron chi connectivity index (χ4n) is 4.21. The number of hydrogen-bond acceptors (Lipinski definition) is 5. The second-order valence-electron chi connectivity index (χ2n) is 8.20. The Labute approximate surface area is 193 Å². The molecular formula is C25H30N2O6. The largest absolute Gasteiger partial charge is 0.480 e. The van der Waals surface area contributed by atoms with Crippen molar-refractivity contribution < 1.29 is 29.3 Å². The summed E-state index contributed by atoms with van der Waals surface area (Å²) in [4.78, 5) is 36.5. The smallest absolute Gasteiger partial charge is 0.407 e. The fraction of sp³-hybridized carbons (Fsp3) is 0.400. The summed E-state index contributed by atoms with van der Waals surface area (Å²) in [5.41, 5.74) is 4.62. The highest BCUT2D eigenvalue weighted by molar-refractivity contribution is 5.81. The monoisotopic (exact) mass is 454 g/mol. The molecule has 1 aliphatic carbocycles. The zero-order valence-corrected chi connectivity index (χ0v) is 18.7. The average Bonchev–Trinajstić information content (AvgIpc) is 3.11. The number of carbonyl (C=O) groups excluding carboxylic acids is 2. The van der Waals surface area contributed by atoms with Gasteiger partial charge in [-0.1, -0.05) is 48.5 Å². The Bertz CT molecular complexity index is 947. The topological polar surface area (TPSA) is 116 Å². The minimum atomic E-state index is -1.12. The number of amides is 2. The number of aliphatic carboxylic acids is 1. The molecule has 33 heavy (non-hydrogen) atoms. The Kier molecular flexibility index (Phi) is 8.43. The minimum Gasteiger partial charge on any atom is -0.480 e. The van der Waals surface area contributed by atoms with Gasteiger partial charge in [-0.15, -0.1) is 0 Å². The third-order valence-electron chi connectivity index (χ3n) is 5.78. The molecule has 1 unspecified atom stereocenters. The number of carboxylic acids is 1. The zero-order chi connectivity index (χ0) is 23.8. The third kappa shape index (κ3) is 6.32. The normalized spacial score (nSPS) is 13.0. The number of aliphatic hydroxyl groups excluding tert-OH is 1. The van der Waals surface area contributed by atoms with Crippen LogP contribution in [-0.4, -0.2) is 65.4 Å². The number of aliphatic hydroxyl groups is 1. The molecule has 0 fully saturated rings. The first kappa shape index (κ1) is 24.3. The van der Waals surface area contributed by atoms with E-state index in [9.17, 15) is 14.4 Å². The Morgan fingerprint density at radius 1 is 1.06 bits per heavy atom. The van der Waals surface area contributed by atoms with Gasteiger partial charge in [0.05, 0.1) is 6.61 Å². The van der Waals surface area contributed by atoms with Crippen LogP contribution in [0.2, 0.25) is 0 Å². The molecule has 8 heteroatoms. The van der Waals surface area contributed by atoms with Crippen LogP contribution in [-0.2, 0) is 14.3 Å². The molecule has 2 aromatic carbocycles. The zero-order valence-electron chi connectivity index (χ0n) is 18.7. The van der Waals surface area contributed by atoms with Crippen molar-refractivity contribution in [1.29, 1.82) is 0 Å². The molecule has 0 heterocycles. The molecule has 1 aliphatic rings. The van der Waals surface area contributed by atoms with Crippen LogP contribution in [0, 0.1) is 0 Å². The van der Waals surface area contributed by atoms with Crippen LogP contribution in [0.15, 0.2) is 48.5 Å². The van der Waals surface area contributed by atoms with Crippen molar-refractivity contribution >= 4 is 18.0 Å². The number of carboxylic acid groups (broad SMARTS) is 1. The van der Waals surface area contributed by atoms with E-state index in [4.69, 9.17) is 14.9 Å². The molecule has 176 valence electrons. The summed E-state index contributed by atoms with van der Waals surface area (Å²) >= 11 is 0. The van der Waals surface area contributed by atoms with Gasteiger partial charge in [-0.05, 0) is 42.0 Å². The van der Waals surface area contributed by atoms with Gasteiger partial charge in [-0.3, -0.25) is 9.59 Å². The van der Waals surface area contributed by atoms with Gasteiger partial charge in [0.1, 0.15) is 13.2 Å². The summed E-state index contributed by atoms with van der Waals surface area (Å²) in [6.45, 7) is 1.31. The summed E-state index contributed by atoms with van der Waals surface area (Å²) in [7, 11) is 0. The molecule has 1 atom stereocenters. The number of benzene rings is 2. The molecule has 0 saturated carbocycles. The van der Waals surface area contributed by atoms with Gasteiger partial charge in [0.2, 0.25) is 5.91 Å². The van der Waals surface area contributed by atoms with E-state index in [1.807, 2.05) is 31.2 Å². The molecule has 8 nitrogen and oxygen atoms in total. The first-order chi connectivity index (χ1) is 15.9. The molecule has 3 rings (SSSR count). The molecule has 2 aromatic rings. The van der Waals surface area contributed by atoms with Crippen molar-refractivity contribution in [2.24, 2.45) is 0 Å². The highest BCUT2D eigenvalue weighted by Crippen LogP contribution is 2.44. The van der Waals surface area contributed by atoms with Crippen LogP contribution >= 0.6 is 0 Å². The van der Waals surface area contributed by atoms with Crippen molar-refractivity contribution in [3.63, 3.8) is 0 Å². The van der Waals surface area contributed by atoms with Gasteiger partial charge in [0, 0.05) is 24.9 Å². The molecule has 0 radical (unpaired) electrons. The predicted octanol–water partition coefficient (Wildman–Crippen LogP) is 2.99. The van der Waals surface area contributed by atoms with Crippen LogP contribution < -0.4 is 5.32 Å². The number of hydrogen-bond donors (Lipinski definition) is 3. The Hall–Kier alpha value is -3.39. The molecule has 0 bridgehead atoms. The number of ether oxygens (including phenoxy) is 1. The lowest BCUT2D eigenvalue weighted by molar-refractivity contribution is -0.144. The lowest BCUT2D eigenvalue weighted by Crippen LogP contribution is -2.38. The van der Waals surface area contributed by atoms with Crippen molar-refractivity contribution in [3.8, 4) is 11.1 Å². The maximum absolute atomic E-state index is 12.3. The molecule has 3 N–H and O–H groups in total. The Morgan fingerprint density at radius 2 is 1.67 bits per heavy atom. The second kappa shape index (κ2) is 11.5. The molecule has 2 amide bonds. The second-order valence-corrected chi connectivity index (χ2v) is 8.20. The Morgan fingerprint density at radius 3 is 2.24 bits per heavy atom. The van der Waals surface area contributed by atoms with E-state index in [-0.39, 0.29) is 44.0 Å². The number of fused-ring (bicyclic) bond motifs is 3. The van der Waals surface area contributed by atoms with Gasteiger partial charge in [0.15, 0.2) is 0 Å². The maximum Gasteiger partial charge on any atom is 0.407 e. The van der Waals surface area contributed by atoms with Crippen LogP contribution in [0.5, 0.6) is 0 Å². The van der Waals surface area contributed by atoms with Crippen molar-refractivity contribution in [1.82, 2.24) is 10.2 Å². The number of rotatable bonds is 11. The first-order valence-electron chi connectivity index (χ1n) is 11.1. The predicted molar refractivity (Wildman–Crippen MR) is 123 cm³/mol. The quantitative estimate of drug-likeness (QED) is 0.481. The summed E-state index contributed by atoms with van der Waals surface area (Å²) in [5, 5.41) is 20.7. The van der Waals surface area contributed by atoms with Gasteiger partial charge in [-0.2, -0.15) is 0 Å². The summed E-state index contributed by atoms with van der Waals surface area (Å²) < 4.78 is 5.53. The van der Waals surface area contributed by atoms with Gasteiger partial charge in [0.25, 0.3) is 0 Å². The van der Waals surface area contributed by atoms with E-state index >= 15 is 0 Å². The van der Waals surface area contributed by atoms with Gasteiger partial charge >= 0.3 is 12.1 Å². The van der Waals surface area contributed by atoms with E-state index in [1.165, 1.54) is 11.1 Å². The minimum absolute atomic E-state index is 0.0113. The van der Waals surface area contributed by atoms with E-state index < -0.39 is 18.6 Å². The molecule has 0 spiro atoms. The summed E-state index contributed by atoms with van der Waals surface area (Å²) in [5.74, 6) is -1.47. The summed E-state index contributed by atoms with van der Waals surface area (Å²) in [6, 6.07) is 16.0. The first-order valence-corrected chi connectivity index (χ1v) is 11.1. The average molecular weight is 455 g/mol. The highest BCUT2D eigenvalue weighted by Gasteiger charge is 2.29. The van der Waals surface area contributed by atoms with Gasteiger partial charge < -0.3 is 25.2 Å². The van der Waals surface area contributed by atoms with E-state index in [2.05, 4.69) is 29.6 Å². The number of alkyl carbamates (subject to hydrolysis) is 1. The standard InChI is InChI=1S/C25H30N2O6/c1-17(7-6-12-23(29)27(13-14-28)15-24(30)31)26-25(32)33-16-22-20-10-4-2-8-18(20)19-9-3-5-11-21(19)22/h2-5,8-11,17,22,28H,6-7,12-16H2,1H3,(H,26,32)(H,30,31). The third-order valence-corrected chi connectivity index (χ3v) is 5.78. The van der Waals surface area contributed by atoms with Crippen LogP contribution in [0.25, 0.3) is 11.1 Å². The van der Waals surface area contributed by atoms with Crippen LogP contribution in [0.1, 0.15) is 43.2 Å². The molecular weight excluding hydrogens is 424 g/mol. The molecule has 0 aromatic heterocycles. The number of nitrogens with zero attached hydrogens (tertiary/aromatic N) is 1. The van der Waals surface area contributed by atoms with E-state index in [1.54, 1.807) is 0 Å². The number of nitrogens with one attached hydrogen (secondary N) is 1. The number of carbonyl (C=O) groups is 3. The van der Waals surface area contributed by atoms with Crippen LogP contribution in [0.4, 0.5) is 4.79 Å². The van der Waals surface area contributed by atoms with Gasteiger partial charge in [-0.25, -0.2) is 4.79 Å². The molecule has 0 aliphatic heterocycles. The van der Waals surface area contributed by atoms with Crippen LogP contribution in [0.3, 0.4) is 0 Å². The van der Waals surface area contributed by atoms with E-state index in [0.717, 1.165) is 16.0 Å².